The van der Waals surface area contributed by atoms with Gasteiger partial charge < -0.3 is 14.7 Å². The van der Waals surface area contributed by atoms with Gasteiger partial charge in [0.1, 0.15) is 0 Å². The van der Waals surface area contributed by atoms with Crippen molar-refractivity contribution in [1.29, 1.82) is 0 Å². The molecule has 1 rings (SSSR count). The predicted octanol–water partition coefficient (Wildman–Crippen LogP) is 1.58. The van der Waals surface area contributed by atoms with Crippen molar-refractivity contribution in [2.75, 3.05) is 0 Å². The number of aromatic nitrogens is 2. The van der Waals surface area contributed by atoms with Crippen LogP contribution in [0.15, 0.2) is 0 Å². The van der Waals surface area contributed by atoms with E-state index in [1.165, 1.54) is 0 Å². The summed E-state index contributed by atoms with van der Waals surface area (Å²) in [6, 6.07) is 0. The van der Waals surface area contributed by atoms with Crippen LogP contribution in [0.1, 0.15) is 12.6 Å². The van der Waals surface area contributed by atoms with Crippen LogP contribution in [0.2, 0.25) is 0 Å². The van der Waals surface area contributed by atoms with Gasteiger partial charge in [-0.25, -0.2) is 0 Å². The number of H-pyrrole nitrogens is 1. The SMILES string of the molecule is CCn1c(C)c(O)[nH]c1=S. The molecule has 0 amide bonds. The molecule has 3 nitrogen and oxygen atoms in total. The van der Waals surface area contributed by atoms with Crippen molar-refractivity contribution in [3.8, 4) is 5.88 Å². The molecule has 0 radical (unpaired) electrons. The van der Waals surface area contributed by atoms with E-state index in [1.807, 2.05) is 18.4 Å². The van der Waals surface area contributed by atoms with Gasteiger partial charge >= 0.3 is 0 Å². The Hall–Kier alpha value is -0.770. The van der Waals surface area contributed by atoms with Gasteiger partial charge in [-0.05, 0) is 26.1 Å². The minimum Gasteiger partial charge on any atom is -0.493 e. The predicted molar refractivity (Wildman–Crippen MR) is 41.7 cm³/mol. The van der Waals surface area contributed by atoms with Crippen molar-refractivity contribution in [2.24, 2.45) is 0 Å². The number of hydrogen-bond donors (Lipinski definition) is 2. The lowest BCUT2D eigenvalue weighted by atomic mass is 10.5. The molecule has 0 fully saturated rings. The molecular formula is C6H10N2OS. The summed E-state index contributed by atoms with van der Waals surface area (Å²) in [6.45, 7) is 4.60. The van der Waals surface area contributed by atoms with Crippen molar-refractivity contribution in [3.63, 3.8) is 0 Å². The first-order valence-corrected chi connectivity index (χ1v) is 3.56. The minimum atomic E-state index is 0.173. The Morgan fingerprint density at radius 2 is 2.30 bits per heavy atom. The van der Waals surface area contributed by atoms with Crippen LogP contribution in [0.3, 0.4) is 0 Å². The number of aromatic hydroxyl groups is 1. The van der Waals surface area contributed by atoms with E-state index in [0.717, 1.165) is 12.2 Å². The van der Waals surface area contributed by atoms with Crippen molar-refractivity contribution in [2.45, 2.75) is 20.4 Å². The molecule has 4 heteroatoms. The second-order valence-corrected chi connectivity index (χ2v) is 2.50. The fourth-order valence-electron chi connectivity index (χ4n) is 0.920. The highest BCUT2D eigenvalue weighted by atomic mass is 32.1. The number of imidazole rings is 1. The van der Waals surface area contributed by atoms with Crippen molar-refractivity contribution in [3.05, 3.63) is 10.5 Å². The van der Waals surface area contributed by atoms with E-state index in [1.54, 1.807) is 0 Å². The lowest BCUT2D eigenvalue weighted by molar-refractivity contribution is 0.450. The summed E-state index contributed by atoms with van der Waals surface area (Å²) in [5.74, 6) is 0.173. The van der Waals surface area contributed by atoms with Gasteiger partial charge in [-0.1, -0.05) is 0 Å². The van der Waals surface area contributed by atoms with Gasteiger partial charge in [0.15, 0.2) is 4.77 Å². The van der Waals surface area contributed by atoms with Gasteiger partial charge in [-0.15, -0.1) is 0 Å². The first kappa shape index (κ1) is 7.34. The van der Waals surface area contributed by atoms with Crippen LogP contribution < -0.4 is 0 Å². The Labute approximate surface area is 64.3 Å². The minimum absolute atomic E-state index is 0.173. The molecule has 0 spiro atoms. The lowest BCUT2D eigenvalue weighted by Gasteiger charge is -1.97. The third kappa shape index (κ3) is 0.945. The van der Waals surface area contributed by atoms with Crippen LogP contribution in [0, 0.1) is 11.7 Å². The molecule has 0 aliphatic heterocycles. The molecule has 0 bridgehead atoms. The molecule has 0 atom stereocenters. The summed E-state index contributed by atoms with van der Waals surface area (Å²) >= 11 is 4.91. The molecule has 2 N–H and O–H groups in total. The molecule has 0 aromatic carbocycles. The lowest BCUT2D eigenvalue weighted by Crippen LogP contribution is -1.95. The molecule has 10 heavy (non-hydrogen) atoms. The third-order valence-electron chi connectivity index (χ3n) is 1.53. The Kier molecular flexibility index (Phi) is 1.80. The van der Waals surface area contributed by atoms with E-state index >= 15 is 0 Å². The first-order valence-electron chi connectivity index (χ1n) is 3.15. The Bertz CT molecular complexity index is 286. The van der Waals surface area contributed by atoms with Crippen LogP contribution in [0.4, 0.5) is 0 Å². The Balaban J connectivity index is 3.34. The third-order valence-corrected chi connectivity index (χ3v) is 1.86. The summed E-state index contributed by atoms with van der Waals surface area (Å²) in [6.07, 6.45) is 0. The largest absolute Gasteiger partial charge is 0.493 e. The molecule has 56 valence electrons. The maximum absolute atomic E-state index is 9.11. The average Bonchev–Trinajstić information content (AvgIpc) is 2.09. The highest BCUT2D eigenvalue weighted by Crippen LogP contribution is 2.13. The molecule has 0 saturated carbocycles. The van der Waals surface area contributed by atoms with E-state index in [4.69, 9.17) is 17.3 Å². The summed E-state index contributed by atoms with van der Waals surface area (Å²) in [5.41, 5.74) is 0.799. The van der Waals surface area contributed by atoms with Crippen LogP contribution in [0.25, 0.3) is 0 Å². The first-order chi connectivity index (χ1) is 4.66. The van der Waals surface area contributed by atoms with Crippen molar-refractivity contribution in [1.82, 2.24) is 9.55 Å². The second-order valence-electron chi connectivity index (χ2n) is 2.11. The summed E-state index contributed by atoms with van der Waals surface area (Å²) < 4.78 is 2.42. The topological polar surface area (TPSA) is 41.0 Å². The molecular weight excluding hydrogens is 148 g/mol. The molecule has 1 aromatic heterocycles. The van der Waals surface area contributed by atoms with Gasteiger partial charge in [-0.2, -0.15) is 0 Å². The quantitative estimate of drug-likeness (QED) is 0.609. The molecule has 0 aliphatic rings. The van der Waals surface area contributed by atoms with Gasteiger partial charge in [-0.3, -0.25) is 0 Å². The number of hydrogen-bond acceptors (Lipinski definition) is 2. The van der Waals surface area contributed by atoms with E-state index in [9.17, 15) is 0 Å². The molecule has 0 unspecified atom stereocenters. The smallest absolute Gasteiger partial charge is 0.210 e. The fourth-order valence-corrected chi connectivity index (χ4v) is 1.28. The highest BCUT2D eigenvalue weighted by Gasteiger charge is 2.02. The van der Waals surface area contributed by atoms with Crippen LogP contribution in [-0.2, 0) is 6.54 Å². The molecule has 1 heterocycles. The molecule has 1 aromatic rings. The standard InChI is InChI=1S/C6H10N2OS/c1-3-8-4(2)5(9)7-6(8)10/h9H,3H2,1-2H3,(H,7,10). The van der Waals surface area contributed by atoms with Crippen LogP contribution in [0.5, 0.6) is 5.88 Å². The highest BCUT2D eigenvalue weighted by molar-refractivity contribution is 7.71. The zero-order valence-corrected chi connectivity index (χ0v) is 6.83. The Morgan fingerprint density at radius 1 is 1.70 bits per heavy atom. The normalized spacial score (nSPS) is 10.2. The fraction of sp³-hybridized carbons (Fsp3) is 0.500. The second kappa shape index (κ2) is 2.46. The van der Waals surface area contributed by atoms with E-state index < -0.39 is 0 Å². The summed E-state index contributed by atoms with van der Waals surface area (Å²) in [7, 11) is 0. The van der Waals surface area contributed by atoms with Crippen molar-refractivity contribution >= 4 is 12.2 Å². The van der Waals surface area contributed by atoms with Crippen LogP contribution in [-0.4, -0.2) is 14.7 Å². The van der Waals surface area contributed by atoms with Crippen molar-refractivity contribution < 1.29 is 5.11 Å². The van der Waals surface area contributed by atoms with Gasteiger partial charge in [0, 0.05) is 6.54 Å². The van der Waals surface area contributed by atoms with E-state index in [-0.39, 0.29) is 5.88 Å². The van der Waals surface area contributed by atoms with Gasteiger partial charge in [0.05, 0.1) is 5.69 Å². The molecule has 0 aliphatic carbocycles. The zero-order chi connectivity index (χ0) is 7.72. The van der Waals surface area contributed by atoms with Crippen LogP contribution >= 0.6 is 12.2 Å². The van der Waals surface area contributed by atoms with Gasteiger partial charge in [0.25, 0.3) is 0 Å². The zero-order valence-electron chi connectivity index (χ0n) is 6.01. The number of nitrogens with one attached hydrogen (secondary N) is 1. The van der Waals surface area contributed by atoms with E-state index in [2.05, 4.69) is 4.98 Å². The number of aromatic amines is 1. The monoisotopic (exact) mass is 158 g/mol. The van der Waals surface area contributed by atoms with Gasteiger partial charge in [0.2, 0.25) is 5.88 Å². The average molecular weight is 158 g/mol. The maximum Gasteiger partial charge on any atom is 0.210 e. The summed E-state index contributed by atoms with van der Waals surface area (Å²) in [5, 5.41) is 9.11. The molecule has 0 saturated heterocycles. The Morgan fingerprint density at radius 3 is 2.50 bits per heavy atom. The number of nitrogens with zero attached hydrogens (tertiary/aromatic N) is 1. The summed E-state index contributed by atoms with van der Waals surface area (Å²) in [4.78, 5) is 2.66. The maximum atomic E-state index is 9.11. The number of rotatable bonds is 1. The van der Waals surface area contributed by atoms with E-state index in [0.29, 0.717) is 4.77 Å².